The van der Waals surface area contributed by atoms with Gasteiger partial charge in [0.1, 0.15) is 10.7 Å². The van der Waals surface area contributed by atoms with E-state index < -0.39 is 0 Å². The van der Waals surface area contributed by atoms with E-state index in [1.807, 2.05) is 36.5 Å². The molecule has 5 rings (SSSR count). The van der Waals surface area contributed by atoms with Crippen LogP contribution in [0.25, 0.3) is 28.1 Å². The van der Waals surface area contributed by atoms with Gasteiger partial charge in [-0.3, -0.25) is 4.79 Å². The van der Waals surface area contributed by atoms with Crippen LogP contribution in [0.15, 0.2) is 65.2 Å². The molecule has 37 heavy (non-hydrogen) atoms. The highest BCUT2D eigenvalue weighted by Crippen LogP contribution is 2.32. The van der Waals surface area contributed by atoms with E-state index in [0.717, 1.165) is 36.0 Å². The van der Waals surface area contributed by atoms with E-state index >= 15 is 0 Å². The minimum atomic E-state index is -0.0958. The Bertz CT molecular complexity index is 1510. The number of nitriles is 1. The molecule has 2 aromatic heterocycles. The van der Waals surface area contributed by atoms with Crippen molar-refractivity contribution in [2.45, 2.75) is 39.0 Å². The molecule has 1 aliphatic carbocycles. The molecule has 1 aliphatic rings. The first-order chi connectivity index (χ1) is 17.9. The van der Waals surface area contributed by atoms with Crippen molar-refractivity contribution in [2.24, 2.45) is 5.92 Å². The van der Waals surface area contributed by atoms with Gasteiger partial charge in [0.2, 0.25) is 5.89 Å². The van der Waals surface area contributed by atoms with Crippen molar-refractivity contribution < 1.29 is 9.21 Å². The Hall–Kier alpha value is -3.95. The van der Waals surface area contributed by atoms with Gasteiger partial charge in [0.15, 0.2) is 5.58 Å². The van der Waals surface area contributed by atoms with Crippen molar-refractivity contribution >= 4 is 34.2 Å². The van der Waals surface area contributed by atoms with E-state index in [4.69, 9.17) is 16.0 Å². The van der Waals surface area contributed by atoms with E-state index in [9.17, 15) is 10.1 Å². The molecular weight excluding hydrogens is 484 g/mol. The summed E-state index contributed by atoms with van der Waals surface area (Å²) in [5.74, 6) is 0.977. The molecule has 7 heteroatoms. The number of allylic oxidation sites excluding steroid dienone is 2. The number of hydrogen-bond acceptors (Lipinski definition) is 5. The van der Waals surface area contributed by atoms with Gasteiger partial charge in [-0.1, -0.05) is 37.6 Å². The van der Waals surface area contributed by atoms with Crippen LogP contribution in [0.4, 0.5) is 0 Å². The van der Waals surface area contributed by atoms with Crippen LogP contribution in [0.2, 0.25) is 5.15 Å². The van der Waals surface area contributed by atoms with Gasteiger partial charge in [-0.25, -0.2) is 9.97 Å². The van der Waals surface area contributed by atoms with E-state index in [-0.39, 0.29) is 11.8 Å². The third-order valence-corrected chi connectivity index (χ3v) is 7.06. The predicted molar refractivity (Wildman–Crippen MR) is 145 cm³/mol. The van der Waals surface area contributed by atoms with Crippen molar-refractivity contribution in [1.82, 2.24) is 15.3 Å². The number of nitrogens with one attached hydrogen (secondary N) is 1. The van der Waals surface area contributed by atoms with Crippen LogP contribution in [-0.4, -0.2) is 22.4 Å². The molecule has 2 heterocycles. The van der Waals surface area contributed by atoms with Crippen molar-refractivity contribution in [1.29, 1.82) is 5.26 Å². The Morgan fingerprint density at radius 2 is 1.97 bits per heavy atom. The summed E-state index contributed by atoms with van der Waals surface area (Å²) in [7, 11) is 0. The van der Waals surface area contributed by atoms with Crippen LogP contribution in [0, 0.1) is 17.2 Å². The third-order valence-electron chi connectivity index (χ3n) is 6.83. The summed E-state index contributed by atoms with van der Waals surface area (Å²) in [6, 6.07) is 16.9. The molecule has 0 aliphatic heterocycles. The summed E-state index contributed by atoms with van der Waals surface area (Å²) in [5.41, 5.74) is 6.64. The number of carbonyl (C=O) groups is 1. The molecule has 2 aromatic carbocycles. The number of carbonyl (C=O) groups excluding carboxylic acids is 1. The van der Waals surface area contributed by atoms with Crippen LogP contribution >= 0.6 is 11.6 Å². The zero-order valence-electron chi connectivity index (χ0n) is 20.8. The number of benzene rings is 2. The fourth-order valence-electron chi connectivity index (χ4n) is 4.68. The average Bonchev–Trinajstić information content (AvgIpc) is 3.36. The summed E-state index contributed by atoms with van der Waals surface area (Å²) in [6.07, 6.45) is 6.94. The summed E-state index contributed by atoms with van der Waals surface area (Å²) in [6.45, 7) is 4.75. The minimum absolute atomic E-state index is 0.0958. The number of aromatic nitrogens is 2. The van der Waals surface area contributed by atoms with Gasteiger partial charge >= 0.3 is 0 Å². The van der Waals surface area contributed by atoms with E-state index in [0.29, 0.717) is 45.7 Å². The Morgan fingerprint density at radius 1 is 1.19 bits per heavy atom. The SMILES string of the molecule is CC(C)c1cc(C#N)cc2nc(-c3ccc(C(=O)NCC4CC=C(c5ccc(Cl)nc5)CC4)cc3)oc12. The number of oxazole rings is 1. The predicted octanol–water partition coefficient (Wildman–Crippen LogP) is 7.15. The highest BCUT2D eigenvalue weighted by atomic mass is 35.5. The molecule has 0 spiro atoms. The lowest BCUT2D eigenvalue weighted by atomic mass is 9.87. The zero-order valence-corrected chi connectivity index (χ0v) is 21.5. The van der Waals surface area contributed by atoms with Crippen molar-refractivity contribution in [2.75, 3.05) is 6.54 Å². The van der Waals surface area contributed by atoms with Gasteiger partial charge in [-0.15, -0.1) is 0 Å². The summed E-state index contributed by atoms with van der Waals surface area (Å²) in [4.78, 5) is 21.5. The Labute approximate surface area is 221 Å². The number of amides is 1. The molecule has 0 radical (unpaired) electrons. The molecule has 0 fully saturated rings. The molecule has 186 valence electrons. The van der Waals surface area contributed by atoms with E-state index in [1.165, 1.54) is 5.57 Å². The second kappa shape index (κ2) is 10.6. The fraction of sp³-hybridized carbons (Fsp3) is 0.267. The summed E-state index contributed by atoms with van der Waals surface area (Å²) in [5, 5.41) is 12.9. The lowest BCUT2D eigenvalue weighted by Gasteiger charge is -2.22. The lowest BCUT2D eigenvalue weighted by Crippen LogP contribution is -2.29. The molecule has 1 N–H and O–H groups in total. The molecule has 1 unspecified atom stereocenters. The molecule has 1 atom stereocenters. The first-order valence-electron chi connectivity index (χ1n) is 12.5. The first-order valence-corrected chi connectivity index (χ1v) is 12.8. The molecule has 0 bridgehead atoms. The number of halogens is 1. The van der Waals surface area contributed by atoms with Gasteiger partial charge in [-0.05, 0) is 84.7 Å². The molecule has 1 amide bonds. The standard InChI is InChI=1S/C30H27ClN4O2/c1-18(2)25-13-20(15-32)14-26-28(25)37-30(35-26)23-9-7-22(8-10-23)29(36)34-16-19-3-5-21(6-4-19)24-11-12-27(31)33-17-24/h5,7-14,17-19H,3-4,6,16H2,1-2H3,(H,34,36). The maximum Gasteiger partial charge on any atom is 0.251 e. The van der Waals surface area contributed by atoms with Crippen molar-refractivity contribution in [3.8, 4) is 17.5 Å². The number of fused-ring (bicyclic) bond motifs is 1. The second-order valence-electron chi connectivity index (χ2n) is 9.73. The molecule has 0 saturated carbocycles. The topological polar surface area (TPSA) is 91.8 Å². The van der Waals surface area contributed by atoms with Gasteiger partial charge in [0, 0.05) is 29.4 Å². The highest BCUT2D eigenvalue weighted by molar-refractivity contribution is 6.29. The van der Waals surface area contributed by atoms with Crippen LogP contribution in [0.3, 0.4) is 0 Å². The monoisotopic (exact) mass is 510 g/mol. The molecule has 4 aromatic rings. The molecular formula is C30H27ClN4O2. The van der Waals surface area contributed by atoms with E-state index in [2.05, 4.69) is 41.3 Å². The van der Waals surface area contributed by atoms with Crippen LogP contribution < -0.4 is 5.32 Å². The first kappa shape index (κ1) is 24.7. The second-order valence-corrected chi connectivity index (χ2v) is 10.1. The number of rotatable bonds is 6. The Morgan fingerprint density at radius 3 is 2.62 bits per heavy atom. The molecule has 0 saturated heterocycles. The van der Waals surface area contributed by atoms with Crippen LogP contribution in [0.5, 0.6) is 0 Å². The smallest absolute Gasteiger partial charge is 0.251 e. The van der Waals surface area contributed by atoms with Crippen LogP contribution in [-0.2, 0) is 0 Å². The minimum Gasteiger partial charge on any atom is -0.436 e. The summed E-state index contributed by atoms with van der Waals surface area (Å²) >= 11 is 5.89. The van der Waals surface area contributed by atoms with Crippen LogP contribution in [0.1, 0.15) is 66.1 Å². The Balaban J connectivity index is 1.22. The maximum absolute atomic E-state index is 12.8. The average molecular weight is 511 g/mol. The van der Waals surface area contributed by atoms with Gasteiger partial charge in [0.05, 0.1) is 11.6 Å². The lowest BCUT2D eigenvalue weighted by molar-refractivity contribution is 0.0946. The Kier molecular flexibility index (Phi) is 7.07. The third kappa shape index (κ3) is 5.42. The van der Waals surface area contributed by atoms with Gasteiger partial charge in [0.25, 0.3) is 5.91 Å². The zero-order chi connectivity index (χ0) is 25.9. The number of pyridine rings is 1. The van der Waals surface area contributed by atoms with Gasteiger partial charge < -0.3 is 9.73 Å². The normalized spacial score (nSPS) is 15.4. The largest absolute Gasteiger partial charge is 0.436 e. The quantitative estimate of drug-likeness (QED) is 0.278. The molecule has 6 nitrogen and oxygen atoms in total. The van der Waals surface area contributed by atoms with Crippen molar-refractivity contribution in [3.05, 3.63) is 88.2 Å². The fourth-order valence-corrected chi connectivity index (χ4v) is 4.79. The number of hydrogen-bond donors (Lipinski definition) is 1. The van der Waals surface area contributed by atoms with Crippen molar-refractivity contribution in [3.63, 3.8) is 0 Å². The maximum atomic E-state index is 12.8. The summed E-state index contributed by atoms with van der Waals surface area (Å²) < 4.78 is 6.08. The van der Waals surface area contributed by atoms with Gasteiger partial charge in [-0.2, -0.15) is 5.26 Å². The van der Waals surface area contributed by atoms with E-state index in [1.54, 1.807) is 18.2 Å². The number of nitrogens with zero attached hydrogens (tertiary/aromatic N) is 3. The highest BCUT2D eigenvalue weighted by Gasteiger charge is 2.18.